The van der Waals surface area contributed by atoms with Gasteiger partial charge in [0.05, 0.1) is 17.3 Å². The third kappa shape index (κ3) is 4.82. The van der Waals surface area contributed by atoms with E-state index in [0.29, 0.717) is 32.8 Å². The lowest BCUT2D eigenvalue weighted by molar-refractivity contribution is -0.134. The summed E-state index contributed by atoms with van der Waals surface area (Å²) >= 11 is 0. The molecule has 3 aromatic rings. The summed E-state index contributed by atoms with van der Waals surface area (Å²) < 4.78 is 45.1. The van der Waals surface area contributed by atoms with Crippen LogP contribution in [0, 0.1) is 0 Å². The van der Waals surface area contributed by atoms with Crippen LogP contribution in [-0.2, 0) is 10.3 Å². The lowest BCUT2D eigenvalue weighted by Crippen LogP contribution is -2.56. The van der Waals surface area contributed by atoms with Crippen LogP contribution in [0.3, 0.4) is 0 Å². The lowest BCUT2D eigenvalue weighted by Gasteiger charge is -2.45. The summed E-state index contributed by atoms with van der Waals surface area (Å²) in [6.07, 6.45) is -5.95. The highest BCUT2D eigenvalue weighted by molar-refractivity contribution is 5.99. The van der Waals surface area contributed by atoms with Crippen LogP contribution in [0.4, 0.5) is 23.7 Å². The first kappa shape index (κ1) is 24.6. The molecule has 3 N–H and O–H groups in total. The van der Waals surface area contributed by atoms with Crippen LogP contribution in [0.2, 0.25) is 0 Å². The Morgan fingerprint density at radius 1 is 1.11 bits per heavy atom. The number of aliphatic hydroxyl groups is 1. The quantitative estimate of drug-likeness (QED) is 0.469. The number of hydrogen-bond acceptors (Lipinski definition) is 5. The first-order valence-electron chi connectivity index (χ1n) is 11.5. The minimum atomic E-state index is -4.61. The van der Waals surface area contributed by atoms with E-state index >= 15 is 0 Å². The van der Waals surface area contributed by atoms with E-state index in [0.717, 1.165) is 0 Å². The first-order chi connectivity index (χ1) is 17.5. The minimum absolute atomic E-state index is 0.0686. The van der Waals surface area contributed by atoms with Gasteiger partial charge in [0.1, 0.15) is 12.2 Å². The van der Waals surface area contributed by atoms with Crippen molar-refractivity contribution in [3.63, 3.8) is 0 Å². The molecule has 0 saturated heterocycles. The monoisotopic (exact) mass is 513 g/mol. The van der Waals surface area contributed by atoms with Crippen molar-refractivity contribution in [2.45, 2.75) is 30.7 Å². The summed E-state index contributed by atoms with van der Waals surface area (Å²) in [4.78, 5) is 28.8. The number of aliphatic hydroxyl groups excluding tert-OH is 1. The average molecular weight is 513 g/mol. The van der Waals surface area contributed by atoms with Crippen molar-refractivity contribution in [2.75, 3.05) is 18.1 Å². The van der Waals surface area contributed by atoms with Gasteiger partial charge in [-0.2, -0.15) is 13.2 Å². The van der Waals surface area contributed by atoms with E-state index < -0.39 is 43.0 Å². The molecule has 2 amide bonds. The van der Waals surface area contributed by atoms with Gasteiger partial charge in [-0.05, 0) is 17.2 Å². The fourth-order valence-corrected chi connectivity index (χ4v) is 4.84. The average Bonchev–Trinajstić information content (AvgIpc) is 2.83. The van der Waals surface area contributed by atoms with Gasteiger partial charge in [-0.3, -0.25) is 9.69 Å². The van der Waals surface area contributed by atoms with E-state index in [-0.39, 0.29) is 24.4 Å². The van der Waals surface area contributed by atoms with Crippen LogP contribution in [0.5, 0.6) is 5.88 Å². The zero-order chi connectivity index (χ0) is 26.4. The SMILES string of the molecule is O=C(O)N[C@]1(c2ccc(-c3nc4c(cc3-c3ccccc3)N(CC(F)(F)F)C(=O)CO4)cc2)C[C@@H](O)C1. The van der Waals surface area contributed by atoms with Crippen molar-refractivity contribution in [3.8, 4) is 28.3 Å². The standard InChI is InChI=1S/C26H22F3N3O5/c27-26(28,29)14-32-20-10-19(15-4-2-1-3-5-15)22(30-23(20)37-13-21(32)34)16-6-8-17(9-7-16)25(31-24(35)36)11-18(33)12-25/h1-10,18,31,33H,11-14H2,(H,35,36)/t18-,25-. The molecule has 5 rings (SSSR count). The molecule has 0 spiro atoms. The maximum Gasteiger partial charge on any atom is 0.406 e. The van der Waals surface area contributed by atoms with Gasteiger partial charge in [0.25, 0.3) is 5.91 Å². The number of carbonyl (C=O) groups is 2. The second-order valence-electron chi connectivity index (χ2n) is 9.11. The van der Waals surface area contributed by atoms with Crippen LogP contribution in [-0.4, -0.2) is 52.6 Å². The van der Waals surface area contributed by atoms with Crippen LogP contribution in [0.25, 0.3) is 22.4 Å². The number of hydrogen-bond donors (Lipinski definition) is 3. The molecule has 2 aromatic carbocycles. The van der Waals surface area contributed by atoms with E-state index in [4.69, 9.17) is 4.74 Å². The number of benzene rings is 2. The number of anilines is 1. The molecule has 0 unspecified atom stereocenters. The molecule has 11 heteroatoms. The summed E-state index contributed by atoms with van der Waals surface area (Å²) in [6, 6.07) is 17.3. The Labute approximate surface area is 209 Å². The van der Waals surface area contributed by atoms with Crippen LogP contribution in [0.1, 0.15) is 18.4 Å². The highest BCUT2D eigenvalue weighted by atomic mass is 19.4. The second kappa shape index (κ2) is 9.07. The third-order valence-corrected chi connectivity index (χ3v) is 6.54. The topological polar surface area (TPSA) is 112 Å². The van der Waals surface area contributed by atoms with Crippen LogP contribution in [0.15, 0.2) is 60.7 Å². The number of halogens is 3. The molecule has 1 saturated carbocycles. The molecule has 2 aliphatic rings. The first-order valence-corrected chi connectivity index (χ1v) is 11.5. The number of carboxylic acid groups (broad SMARTS) is 1. The highest BCUT2D eigenvalue weighted by Gasteiger charge is 2.46. The number of alkyl halides is 3. The predicted molar refractivity (Wildman–Crippen MR) is 127 cm³/mol. The molecule has 1 aliphatic heterocycles. The Morgan fingerprint density at radius 2 is 1.78 bits per heavy atom. The van der Waals surface area contributed by atoms with Gasteiger partial charge in [-0.15, -0.1) is 0 Å². The smallest absolute Gasteiger partial charge is 0.406 e. The Bertz CT molecular complexity index is 1340. The van der Waals surface area contributed by atoms with Crippen molar-refractivity contribution in [3.05, 3.63) is 66.2 Å². The van der Waals surface area contributed by atoms with Crippen molar-refractivity contribution in [2.24, 2.45) is 0 Å². The fourth-order valence-electron chi connectivity index (χ4n) is 4.84. The summed E-state index contributed by atoms with van der Waals surface area (Å²) in [5, 5.41) is 21.6. The zero-order valence-electron chi connectivity index (χ0n) is 19.3. The molecule has 37 heavy (non-hydrogen) atoms. The van der Waals surface area contributed by atoms with Gasteiger partial charge in [0, 0.05) is 24.0 Å². The van der Waals surface area contributed by atoms with Crippen LogP contribution < -0.4 is 15.0 Å². The number of ether oxygens (including phenoxy) is 1. The molecule has 0 atom stereocenters. The predicted octanol–water partition coefficient (Wildman–Crippen LogP) is 4.32. The second-order valence-corrected chi connectivity index (χ2v) is 9.11. The van der Waals surface area contributed by atoms with Crippen molar-refractivity contribution in [1.82, 2.24) is 10.3 Å². The highest BCUT2D eigenvalue weighted by Crippen LogP contribution is 2.44. The number of aromatic nitrogens is 1. The summed E-state index contributed by atoms with van der Waals surface area (Å²) in [5.74, 6) is -0.907. The molecule has 1 aliphatic carbocycles. The van der Waals surface area contributed by atoms with E-state index in [1.54, 1.807) is 54.6 Å². The van der Waals surface area contributed by atoms with E-state index in [1.807, 2.05) is 0 Å². The van der Waals surface area contributed by atoms with E-state index in [9.17, 15) is 33.0 Å². The van der Waals surface area contributed by atoms with Gasteiger partial charge >= 0.3 is 12.3 Å². The number of carbonyl (C=O) groups excluding carboxylic acids is 1. The fraction of sp³-hybridized carbons (Fsp3) is 0.269. The third-order valence-electron chi connectivity index (χ3n) is 6.54. The van der Waals surface area contributed by atoms with Gasteiger partial charge in [0.2, 0.25) is 5.88 Å². The molecular weight excluding hydrogens is 491 g/mol. The maximum atomic E-state index is 13.2. The molecule has 0 radical (unpaired) electrons. The summed E-state index contributed by atoms with van der Waals surface area (Å²) in [5.41, 5.74) is 1.90. The Kier molecular flexibility index (Phi) is 6.03. The number of nitrogens with zero attached hydrogens (tertiary/aromatic N) is 2. The number of fused-ring (bicyclic) bond motifs is 1. The van der Waals surface area contributed by atoms with Gasteiger partial charge in [0.15, 0.2) is 6.61 Å². The molecule has 2 heterocycles. The van der Waals surface area contributed by atoms with Crippen molar-refractivity contribution in [1.29, 1.82) is 0 Å². The molecule has 192 valence electrons. The van der Waals surface area contributed by atoms with Crippen molar-refractivity contribution < 1.29 is 37.7 Å². The molecule has 0 bridgehead atoms. The van der Waals surface area contributed by atoms with Gasteiger partial charge in [-0.1, -0.05) is 54.6 Å². The Morgan fingerprint density at radius 3 is 2.38 bits per heavy atom. The Hall–Kier alpha value is -4.12. The zero-order valence-corrected chi connectivity index (χ0v) is 19.3. The minimum Gasteiger partial charge on any atom is -0.466 e. The Balaban J connectivity index is 1.59. The molecular formula is C26H22F3N3O5. The normalized spacial score (nSPS) is 21.0. The van der Waals surface area contributed by atoms with E-state index in [2.05, 4.69) is 10.3 Å². The number of amides is 2. The van der Waals surface area contributed by atoms with Gasteiger partial charge < -0.3 is 20.3 Å². The summed E-state index contributed by atoms with van der Waals surface area (Å²) in [7, 11) is 0. The number of rotatable bonds is 5. The van der Waals surface area contributed by atoms with Crippen molar-refractivity contribution >= 4 is 17.7 Å². The molecule has 1 fully saturated rings. The largest absolute Gasteiger partial charge is 0.466 e. The molecule has 1 aromatic heterocycles. The summed E-state index contributed by atoms with van der Waals surface area (Å²) in [6.45, 7) is -2.03. The maximum absolute atomic E-state index is 13.2. The van der Waals surface area contributed by atoms with Gasteiger partial charge in [-0.25, -0.2) is 9.78 Å². The number of nitrogens with one attached hydrogen (secondary N) is 1. The van der Waals surface area contributed by atoms with E-state index in [1.165, 1.54) is 6.07 Å². The molecule has 8 nitrogen and oxygen atoms in total. The number of pyridine rings is 1. The van der Waals surface area contributed by atoms with Crippen LogP contribution >= 0.6 is 0 Å². The lowest BCUT2D eigenvalue weighted by atomic mass is 9.69.